The van der Waals surface area contributed by atoms with Crippen LogP contribution >= 0.6 is 35.7 Å². The van der Waals surface area contributed by atoms with E-state index in [0.717, 1.165) is 37.4 Å². The van der Waals surface area contributed by atoms with E-state index in [1.807, 2.05) is 0 Å². The second kappa shape index (κ2) is 11.2. The molecule has 0 bridgehead atoms. The molecule has 1 atom stereocenters. The molecule has 1 aliphatic rings. The van der Waals surface area contributed by atoms with Gasteiger partial charge in [-0.05, 0) is 13.3 Å². The Kier molecular flexibility index (Phi) is 11.4. The molecular weight excluding hydrogens is 361 g/mol. The SMILES string of the molecule is CCNC(=NCCOC)N1CCSC(CC)C1.I. The maximum atomic E-state index is 5.04. The smallest absolute Gasteiger partial charge is 0.194 e. The second-order valence-electron chi connectivity index (χ2n) is 4.08. The molecule has 0 amide bonds. The van der Waals surface area contributed by atoms with E-state index in [0.29, 0.717) is 6.61 Å². The summed E-state index contributed by atoms with van der Waals surface area (Å²) in [6.07, 6.45) is 1.23. The van der Waals surface area contributed by atoms with Gasteiger partial charge in [0.25, 0.3) is 0 Å². The molecule has 1 saturated heterocycles. The van der Waals surface area contributed by atoms with Gasteiger partial charge in [0, 0.05) is 37.7 Å². The second-order valence-corrected chi connectivity index (χ2v) is 5.48. The summed E-state index contributed by atoms with van der Waals surface area (Å²) in [4.78, 5) is 6.97. The lowest BCUT2D eigenvalue weighted by molar-refractivity contribution is 0.207. The fourth-order valence-corrected chi connectivity index (χ4v) is 3.01. The Morgan fingerprint density at radius 2 is 2.28 bits per heavy atom. The van der Waals surface area contributed by atoms with Gasteiger partial charge < -0.3 is 15.0 Å². The highest BCUT2D eigenvalue weighted by atomic mass is 127. The number of rotatable bonds is 5. The number of nitrogens with zero attached hydrogens (tertiary/aromatic N) is 2. The fourth-order valence-electron chi connectivity index (χ4n) is 1.83. The van der Waals surface area contributed by atoms with Crippen LogP contribution in [0.25, 0.3) is 0 Å². The van der Waals surface area contributed by atoms with Gasteiger partial charge in [0.05, 0.1) is 13.2 Å². The van der Waals surface area contributed by atoms with Crippen molar-refractivity contribution in [2.75, 3.05) is 45.6 Å². The van der Waals surface area contributed by atoms with Crippen LogP contribution in [0.4, 0.5) is 0 Å². The quantitative estimate of drug-likeness (QED) is 0.339. The molecule has 1 heterocycles. The third kappa shape index (κ3) is 6.47. The minimum Gasteiger partial charge on any atom is -0.383 e. The third-order valence-electron chi connectivity index (χ3n) is 2.79. The molecule has 0 radical (unpaired) electrons. The normalized spacial score (nSPS) is 20.5. The molecular formula is C12H26IN3OS. The molecule has 0 aromatic heterocycles. The van der Waals surface area contributed by atoms with Crippen molar-refractivity contribution < 1.29 is 4.74 Å². The molecule has 0 aromatic rings. The van der Waals surface area contributed by atoms with E-state index in [2.05, 4.69) is 40.8 Å². The largest absolute Gasteiger partial charge is 0.383 e. The van der Waals surface area contributed by atoms with Gasteiger partial charge in [-0.15, -0.1) is 24.0 Å². The van der Waals surface area contributed by atoms with Gasteiger partial charge >= 0.3 is 0 Å². The molecule has 0 aromatic carbocycles. The summed E-state index contributed by atoms with van der Waals surface area (Å²) in [5.74, 6) is 2.25. The first-order chi connectivity index (χ1) is 8.31. The van der Waals surface area contributed by atoms with Crippen molar-refractivity contribution in [3.8, 4) is 0 Å². The van der Waals surface area contributed by atoms with Crippen molar-refractivity contribution in [1.82, 2.24) is 10.2 Å². The Morgan fingerprint density at radius 1 is 1.50 bits per heavy atom. The highest BCUT2D eigenvalue weighted by Gasteiger charge is 2.21. The van der Waals surface area contributed by atoms with Crippen LogP contribution in [0.5, 0.6) is 0 Å². The van der Waals surface area contributed by atoms with E-state index in [1.165, 1.54) is 12.2 Å². The van der Waals surface area contributed by atoms with Crippen molar-refractivity contribution in [2.45, 2.75) is 25.5 Å². The molecule has 1 aliphatic heterocycles. The molecule has 108 valence electrons. The van der Waals surface area contributed by atoms with Crippen molar-refractivity contribution in [2.24, 2.45) is 4.99 Å². The minimum absolute atomic E-state index is 0. The zero-order valence-electron chi connectivity index (χ0n) is 11.6. The van der Waals surface area contributed by atoms with Crippen molar-refractivity contribution in [3.63, 3.8) is 0 Å². The number of aliphatic imine (C=N–C) groups is 1. The van der Waals surface area contributed by atoms with E-state index in [4.69, 9.17) is 4.74 Å². The summed E-state index contributed by atoms with van der Waals surface area (Å²) < 4.78 is 5.04. The number of hydrogen-bond donors (Lipinski definition) is 1. The summed E-state index contributed by atoms with van der Waals surface area (Å²) in [6, 6.07) is 0. The number of ether oxygens (including phenoxy) is 1. The molecule has 1 N–H and O–H groups in total. The molecule has 1 fully saturated rings. The fraction of sp³-hybridized carbons (Fsp3) is 0.917. The number of hydrogen-bond acceptors (Lipinski definition) is 3. The van der Waals surface area contributed by atoms with Crippen LogP contribution in [0, 0.1) is 0 Å². The first-order valence-corrected chi connectivity index (χ1v) is 7.50. The van der Waals surface area contributed by atoms with Crippen LogP contribution in [-0.2, 0) is 4.74 Å². The summed E-state index contributed by atoms with van der Waals surface area (Å²) >= 11 is 2.08. The average molecular weight is 387 g/mol. The standard InChI is InChI=1S/C12H25N3OS.HI/c1-4-11-10-15(7-9-17-11)12(13-5-2)14-6-8-16-3;/h11H,4-10H2,1-3H3,(H,13,14);1H. The van der Waals surface area contributed by atoms with Crippen LogP contribution in [0.2, 0.25) is 0 Å². The van der Waals surface area contributed by atoms with Gasteiger partial charge in [0.2, 0.25) is 0 Å². The molecule has 0 aliphatic carbocycles. The first kappa shape index (κ1) is 18.3. The van der Waals surface area contributed by atoms with Gasteiger partial charge in [-0.1, -0.05) is 6.92 Å². The Bertz CT molecular complexity index is 241. The molecule has 6 heteroatoms. The number of thioether (sulfide) groups is 1. The number of methoxy groups -OCH3 is 1. The first-order valence-electron chi connectivity index (χ1n) is 6.45. The van der Waals surface area contributed by atoms with Gasteiger partial charge in [-0.25, -0.2) is 0 Å². The lowest BCUT2D eigenvalue weighted by atomic mass is 10.3. The van der Waals surface area contributed by atoms with Gasteiger partial charge in [-0.3, -0.25) is 4.99 Å². The van der Waals surface area contributed by atoms with Gasteiger partial charge in [-0.2, -0.15) is 11.8 Å². The van der Waals surface area contributed by atoms with Crippen molar-refractivity contribution >= 4 is 41.7 Å². The topological polar surface area (TPSA) is 36.9 Å². The summed E-state index contributed by atoms with van der Waals surface area (Å²) in [5.41, 5.74) is 0. The van der Waals surface area contributed by atoms with E-state index < -0.39 is 0 Å². The van der Waals surface area contributed by atoms with Crippen LogP contribution in [0.3, 0.4) is 0 Å². The van der Waals surface area contributed by atoms with Crippen LogP contribution in [0.1, 0.15) is 20.3 Å². The Balaban J connectivity index is 0.00000289. The van der Waals surface area contributed by atoms with Crippen LogP contribution < -0.4 is 5.32 Å². The number of guanidine groups is 1. The molecule has 4 nitrogen and oxygen atoms in total. The third-order valence-corrected chi connectivity index (χ3v) is 4.16. The molecule has 0 saturated carbocycles. The lowest BCUT2D eigenvalue weighted by Gasteiger charge is -2.34. The minimum atomic E-state index is 0. The zero-order valence-corrected chi connectivity index (χ0v) is 14.8. The Hall–Kier alpha value is 0.310. The predicted octanol–water partition coefficient (Wildman–Crippen LogP) is 2.04. The highest BCUT2D eigenvalue weighted by Crippen LogP contribution is 2.20. The van der Waals surface area contributed by atoms with Crippen molar-refractivity contribution in [1.29, 1.82) is 0 Å². The maximum absolute atomic E-state index is 5.04. The zero-order chi connectivity index (χ0) is 12.5. The number of halogens is 1. The van der Waals surface area contributed by atoms with Crippen LogP contribution in [-0.4, -0.2) is 61.8 Å². The maximum Gasteiger partial charge on any atom is 0.194 e. The Labute approximate surface area is 132 Å². The molecule has 1 rings (SSSR count). The summed E-state index contributed by atoms with van der Waals surface area (Å²) in [7, 11) is 1.72. The lowest BCUT2D eigenvalue weighted by Crippen LogP contribution is -2.48. The van der Waals surface area contributed by atoms with E-state index in [-0.39, 0.29) is 24.0 Å². The monoisotopic (exact) mass is 387 g/mol. The van der Waals surface area contributed by atoms with Gasteiger partial charge in [0.15, 0.2) is 5.96 Å². The van der Waals surface area contributed by atoms with E-state index in [9.17, 15) is 0 Å². The van der Waals surface area contributed by atoms with E-state index >= 15 is 0 Å². The summed E-state index contributed by atoms with van der Waals surface area (Å²) in [5, 5.41) is 4.11. The highest BCUT2D eigenvalue weighted by molar-refractivity contribution is 14.0. The average Bonchev–Trinajstić information content (AvgIpc) is 2.38. The molecule has 0 spiro atoms. The number of nitrogens with one attached hydrogen (secondary N) is 1. The van der Waals surface area contributed by atoms with Crippen molar-refractivity contribution in [3.05, 3.63) is 0 Å². The molecule has 18 heavy (non-hydrogen) atoms. The van der Waals surface area contributed by atoms with Gasteiger partial charge in [0.1, 0.15) is 0 Å². The predicted molar refractivity (Wildman–Crippen MR) is 91.4 cm³/mol. The van der Waals surface area contributed by atoms with E-state index in [1.54, 1.807) is 7.11 Å². The molecule has 1 unspecified atom stereocenters. The Morgan fingerprint density at radius 3 is 2.89 bits per heavy atom. The van der Waals surface area contributed by atoms with Crippen LogP contribution in [0.15, 0.2) is 4.99 Å². The summed E-state index contributed by atoms with van der Waals surface area (Å²) in [6.45, 7) is 8.93.